The van der Waals surface area contributed by atoms with Gasteiger partial charge in [0, 0.05) is 24.3 Å². The Labute approximate surface area is 213 Å². The van der Waals surface area contributed by atoms with Gasteiger partial charge in [0.25, 0.3) is 5.91 Å². The van der Waals surface area contributed by atoms with Gasteiger partial charge in [-0.15, -0.1) is 0 Å². The predicted molar refractivity (Wildman–Crippen MR) is 143 cm³/mol. The Kier molecular flexibility index (Phi) is 7.34. The van der Waals surface area contributed by atoms with Crippen molar-refractivity contribution in [2.24, 2.45) is 0 Å². The second-order valence-electron chi connectivity index (χ2n) is 10.0. The molecule has 0 aliphatic carbocycles. The summed E-state index contributed by atoms with van der Waals surface area (Å²) in [6, 6.07) is 19.6. The van der Waals surface area contributed by atoms with Crippen molar-refractivity contribution in [1.82, 2.24) is 4.90 Å². The Morgan fingerprint density at radius 3 is 2.42 bits per heavy atom. The maximum absolute atomic E-state index is 13.4. The molecule has 1 heterocycles. The number of nitrogens with one attached hydrogen (secondary N) is 1. The van der Waals surface area contributed by atoms with Crippen LogP contribution in [0.2, 0.25) is 0 Å². The maximum atomic E-state index is 13.4. The Morgan fingerprint density at radius 1 is 1.00 bits per heavy atom. The van der Waals surface area contributed by atoms with Gasteiger partial charge in [-0.1, -0.05) is 43.3 Å². The zero-order valence-corrected chi connectivity index (χ0v) is 21.7. The third-order valence-corrected chi connectivity index (χ3v) is 6.27. The van der Waals surface area contributed by atoms with Crippen LogP contribution in [-0.4, -0.2) is 36.2 Å². The van der Waals surface area contributed by atoms with Crippen LogP contribution >= 0.6 is 0 Å². The number of nitrogens with zero attached hydrogens (tertiary/aromatic N) is 1. The van der Waals surface area contributed by atoms with E-state index in [9.17, 15) is 9.59 Å². The molecule has 1 N–H and O–H groups in total. The second kappa shape index (κ2) is 10.4. The predicted octanol–water partition coefficient (Wildman–Crippen LogP) is 6.47. The molecule has 0 spiro atoms. The fourth-order valence-corrected chi connectivity index (χ4v) is 4.41. The van der Waals surface area contributed by atoms with Crippen LogP contribution in [0.5, 0.6) is 5.75 Å². The van der Waals surface area contributed by atoms with Gasteiger partial charge in [-0.3, -0.25) is 4.79 Å². The number of ether oxygens (including phenoxy) is 2. The molecule has 0 bridgehead atoms. The third-order valence-electron chi connectivity index (χ3n) is 6.27. The number of carbonyl (C=O) groups is 2. The molecule has 0 fully saturated rings. The van der Waals surface area contributed by atoms with Gasteiger partial charge >= 0.3 is 6.09 Å². The first-order valence-electron chi connectivity index (χ1n) is 12.4. The van der Waals surface area contributed by atoms with Crippen LogP contribution < -0.4 is 10.1 Å². The summed E-state index contributed by atoms with van der Waals surface area (Å²) in [6.07, 6.45) is 1.35. The minimum atomic E-state index is -0.525. The van der Waals surface area contributed by atoms with E-state index in [1.807, 2.05) is 69.3 Å². The molecule has 0 radical (unpaired) electrons. The second-order valence-corrected chi connectivity index (χ2v) is 10.0. The van der Waals surface area contributed by atoms with Crippen LogP contribution in [0.25, 0.3) is 11.1 Å². The summed E-state index contributed by atoms with van der Waals surface area (Å²) in [5, 5.41) is 3.06. The first-order valence-corrected chi connectivity index (χ1v) is 12.4. The SMILES string of the molecule is CCc1ccc(-c2c(OC)cccc2C(=O)Nc2ccc3c(c2)CCN(C(=O)OC(C)(C)C)C3)cc1. The maximum Gasteiger partial charge on any atom is 0.410 e. The average molecular weight is 487 g/mol. The zero-order valence-electron chi connectivity index (χ0n) is 21.7. The number of amides is 2. The first kappa shape index (κ1) is 25.3. The average Bonchev–Trinajstić information content (AvgIpc) is 2.86. The van der Waals surface area contributed by atoms with E-state index >= 15 is 0 Å². The highest BCUT2D eigenvalue weighted by atomic mass is 16.6. The molecule has 3 aromatic rings. The summed E-state index contributed by atoms with van der Waals surface area (Å²) in [6.45, 7) is 8.78. The number of carbonyl (C=O) groups excluding carboxylic acids is 2. The van der Waals surface area contributed by atoms with Crippen molar-refractivity contribution in [3.8, 4) is 16.9 Å². The standard InChI is InChI=1S/C30H34N2O4/c1-6-20-10-12-21(13-11-20)27-25(8-7-9-26(27)35-5)28(33)31-24-15-14-23-19-32(17-16-22(23)18-24)29(34)36-30(2,3)4/h7-15,18H,6,16-17,19H2,1-5H3,(H,31,33). The lowest BCUT2D eigenvalue weighted by Crippen LogP contribution is -2.39. The Hall–Kier alpha value is -3.80. The molecule has 1 aliphatic rings. The molecular weight excluding hydrogens is 452 g/mol. The number of rotatable bonds is 5. The summed E-state index contributed by atoms with van der Waals surface area (Å²) in [4.78, 5) is 27.6. The smallest absolute Gasteiger partial charge is 0.410 e. The van der Waals surface area contributed by atoms with Crippen LogP contribution in [0.4, 0.5) is 10.5 Å². The van der Waals surface area contributed by atoms with E-state index < -0.39 is 5.60 Å². The Bertz CT molecular complexity index is 1260. The van der Waals surface area contributed by atoms with Crippen LogP contribution in [-0.2, 0) is 24.1 Å². The van der Waals surface area contributed by atoms with E-state index in [0.717, 1.165) is 34.4 Å². The molecular formula is C30H34N2O4. The molecule has 1 aliphatic heterocycles. The largest absolute Gasteiger partial charge is 0.496 e. The van der Waals surface area contributed by atoms with Gasteiger partial charge in [0.2, 0.25) is 0 Å². The van der Waals surface area contributed by atoms with Crippen LogP contribution in [0.3, 0.4) is 0 Å². The summed E-state index contributed by atoms with van der Waals surface area (Å²) in [7, 11) is 1.62. The fraction of sp³-hybridized carbons (Fsp3) is 0.333. The lowest BCUT2D eigenvalue weighted by Gasteiger charge is -2.31. The minimum Gasteiger partial charge on any atom is -0.496 e. The highest BCUT2D eigenvalue weighted by Crippen LogP contribution is 2.34. The van der Waals surface area contributed by atoms with Crippen molar-refractivity contribution in [3.05, 3.63) is 82.9 Å². The number of anilines is 1. The number of hydrogen-bond acceptors (Lipinski definition) is 4. The fourth-order valence-electron chi connectivity index (χ4n) is 4.41. The van der Waals surface area contributed by atoms with Gasteiger partial charge in [0.15, 0.2) is 0 Å². The Balaban J connectivity index is 1.54. The van der Waals surface area contributed by atoms with E-state index in [0.29, 0.717) is 30.8 Å². The number of methoxy groups -OCH3 is 1. The monoisotopic (exact) mass is 486 g/mol. The molecule has 6 nitrogen and oxygen atoms in total. The van der Waals surface area contributed by atoms with Crippen molar-refractivity contribution in [3.63, 3.8) is 0 Å². The van der Waals surface area contributed by atoms with E-state index in [2.05, 4.69) is 24.4 Å². The molecule has 2 amide bonds. The third kappa shape index (κ3) is 5.70. The van der Waals surface area contributed by atoms with Crippen molar-refractivity contribution < 1.29 is 19.1 Å². The van der Waals surface area contributed by atoms with Crippen LogP contribution in [0.15, 0.2) is 60.7 Å². The summed E-state index contributed by atoms with van der Waals surface area (Å²) >= 11 is 0. The molecule has 0 aromatic heterocycles. The number of fused-ring (bicyclic) bond motifs is 1. The summed E-state index contributed by atoms with van der Waals surface area (Å²) < 4.78 is 11.1. The first-order chi connectivity index (χ1) is 17.2. The molecule has 0 saturated heterocycles. The number of aryl methyl sites for hydroxylation is 1. The van der Waals surface area contributed by atoms with E-state index in [-0.39, 0.29) is 12.0 Å². The quantitative estimate of drug-likeness (QED) is 0.449. The van der Waals surface area contributed by atoms with Crippen molar-refractivity contribution in [2.45, 2.75) is 52.7 Å². The molecule has 0 atom stereocenters. The van der Waals surface area contributed by atoms with Gasteiger partial charge < -0.3 is 19.7 Å². The highest BCUT2D eigenvalue weighted by Gasteiger charge is 2.26. The van der Waals surface area contributed by atoms with Crippen molar-refractivity contribution in [2.75, 3.05) is 19.0 Å². The van der Waals surface area contributed by atoms with E-state index in [1.54, 1.807) is 12.0 Å². The van der Waals surface area contributed by atoms with Gasteiger partial charge in [0.05, 0.1) is 12.7 Å². The van der Waals surface area contributed by atoms with Crippen molar-refractivity contribution >= 4 is 17.7 Å². The molecule has 188 valence electrons. The lowest BCUT2D eigenvalue weighted by atomic mass is 9.96. The summed E-state index contributed by atoms with van der Waals surface area (Å²) in [5.41, 5.74) is 5.86. The van der Waals surface area contributed by atoms with Gasteiger partial charge in [-0.25, -0.2) is 4.79 Å². The lowest BCUT2D eigenvalue weighted by molar-refractivity contribution is 0.0224. The van der Waals surface area contributed by atoms with E-state index in [4.69, 9.17) is 9.47 Å². The van der Waals surface area contributed by atoms with Gasteiger partial charge in [-0.2, -0.15) is 0 Å². The molecule has 0 saturated carbocycles. The van der Waals surface area contributed by atoms with Crippen LogP contribution in [0.1, 0.15) is 54.7 Å². The number of hydrogen-bond donors (Lipinski definition) is 1. The topological polar surface area (TPSA) is 67.9 Å². The van der Waals surface area contributed by atoms with E-state index in [1.165, 1.54) is 5.56 Å². The minimum absolute atomic E-state index is 0.199. The van der Waals surface area contributed by atoms with Gasteiger partial charge in [0.1, 0.15) is 11.4 Å². The summed E-state index contributed by atoms with van der Waals surface area (Å²) in [5.74, 6) is 0.453. The van der Waals surface area contributed by atoms with Crippen molar-refractivity contribution in [1.29, 1.82) is 0 Å². The Morgan fingerprint density at radius 2 is 1.75 bits per heavy atom. The highest BCUT2D eigenvalue weighted by molar-refractivity contribution is 6.09. The molecule has 6 heteroatoms. The molecule has 4 rings (SSSR count). The normalized spacial score (nSPS) is 13.1. The zero-order chi connectivity index (χ0) is 25.9. The molecule has 36 heavy (non-hydrogen) atoms. The molecule has 0 unspecified atom stereocenters. The van der Waals surface area contributed by atoms with Gasteiger partial charge in [-0.05, 0) is 80.1 Å². The van der Waals surface area contributed by atoms with Crippen LogP contribution in [0, 0.1) is 0 Å². The molecule has 3 aromatic carbocycles. The number of benzene rings is 3.